The van der Waals surface area contributed by atoms with Crippen LogP contribution < -0.4 is 10.1 Å². The Hall–Kier alpha value is -1.18. The number of benzene rings is 1. The fourth-order valence-corrected chi connectivity index (χ4v) is 2.94. The average Bonchev–Trinajstić information content (AvgIpc) is 2.30. The maximum Gasteiger partial charge on any atom is 0.124 e. The van der Waals surface area contributed by atoms with Crippen molar-refractivity contribution in [2.45, 2.75) is 38.5 Å². The van der Waals surface area contributed by atoms with E-state index in [1.807, 2.05) is 0 Å². The smallest absolute Gasteiger partial charge is 0.124 e. The van der Waals surface area contributed by atoms with Gasteiger partial charge in [0.05, 0.1) is 6.61 Å². The first-order valence-corrected chi connectivity index (χ1v) is 6.31. The van der Waals surface area contributed by atoms with Gasteiger partial charge in [-0.2, -0.15) is 0 Å². The Labute approximate surface area is 97.0 Å². The predicted molar refractivity (Wildman–Crippen MR) is 66.5 cm³/mol. The van der Waals surface area contributed by atoms with Gasteiger partial charge in [-0.15, -0.1) is 0 Å². The molecule has 1 atom stereocenters. The Morgan fingerprint density at radius 2 is 2.19 bits per heavy atom. The SMILES string of the molecule is CC(C)c1ccc2c3c1NCCC3CCO2. The molecular weight excluding hydrogens is 198 g/mol. The number of hydrogen-bond donors (Lipinski definition) is 1. The van der Waals surface area contributed by atoms with Gasteiger partial charge in [-0.05, 0) is 36.3 Å². The van der Waals surface area contributed by atoms with Gasteiger partial charge in [0.25, 0.3) is 0 Å². The van der Waals surface area contributed by atoms with E-state index in [0.29, 0.717) is 5.92 Å². The Bertz CT molecular complexity index is 409. The molecule has 1 unspecified atom stereocenters. The highest BCUT2D eigenvalue weighted by atomic mass is 16.5. The molecule has 0 bridgehead atoms. The van der Waals surface area contributed by atoms with Crippen molar-refractivity contribution < 1.29 is 4.74 Å². The minimum absolute atomic E-state index is 0.577. The molecule has 0 saturated heterocycles. The summed E-state index contributed by atoms with van der Waals surface area (Å²) in [5.41, 5.74) is 4.25. The molecule has 2 heterocycles. The monoisotopic (exact) mass is 217 g/mol. The first kappa shape index (κ1) is 10.0. The third kappa shape index (κ3) is 1.40. The summed E-state index contributed by atoms with van der Waals surface area (Å²) in [4.78, 5) is 0. The fraction of sp³-hybridized carbons (Fsp3) is 0.571. The first-order chi connectivity index (χ1) is 7.77. The van der Waals surface area contributed by atoms with Crippen molar-refractivity contribution >= 4 is 5.69 Å². The highest BCUT2D eigenvalue weighted by Gasteiger charge is 2.29. The lowest BCUT2D eigenvalue weighted by Crippen LogP contribution is -2.24. The molecule has 0 aromatic heterocycles. The van der Waals surface area contributed by atoms with E-state index in [0.717, 1.165) is 24.8 Å². The van der Waals surface area contributed by atoms with Gasteiger partial charge < -0.3 is 10.1 Å². The summed E-state index contributed by atoms with van der Waals surface area (Å²) in [6.45, 7) is 6.51. The summed E-state index contributed by atoms with van der Waals surface area (Å²) in [6.07, 6.45) is 2.44. The van der Waals surface area contributed by atoms with Crippen LogP contribution in [0.15, 0.2) is 12.1 Å². The predicted octanol–water partition coefficient (Wildman–Crippen LogP) is 3.49. The molecule has 0 saturated carbocycles. The van der Waals surface area contributed by atoms with Gasteiger partial charge in [-0.25, -0.2) is 0 Å². The van der Waals surface area contributed by atoms with E-state index in [9.17, 15) is 0 Å². The van der Waals surface area contributed by atoms with Crippen molar-refractivity contribution in [3.63, 3.8) is 0 Å². The van der Waals surface area contributed by atoms with Gasteiger partial charge in [-0.1, -0.05) is 19.9 Å². The second-order valence-corrected chi connectivity index (χ2v) is 5.15. The van der Waals surface area contributed by atoms with Gasteiger partial charge in [0, 0.05) is 17.8 Å². The summed E-state index contributed by atoms with van der Waals surface area (Å²) in [5, 5.41) is 3.57. The molecule has 2 heteroatoms. The Balaban J connectivity index is 2.18. The van der Waals surface area contributed by atoms with Gasteiger partial charge in [-0.3, -0.25) is 0 Å². The first-order valence-electron chi connectivity index (χ1n) is 6.31. The van der Waals surface area contributed by atoms with Crippen LogP contribution in [-0.2, 0) is 0 Å². The molecule has 2 nitrogen and oxygen atoms in total. The summed E-state index contributed by atoms with van der Waals surface area (Å²) >= 11 is 0. The lowest BCUT2D eigenvalue weighted by molar-refractivity contribution is 0.262. The zero-order valence-electron chi connectivity index (χ0n) is 10.0. The van der Waals surface area contributed by atoms with Crippen LogP contribution in [0.5, 0.6) is 5.75 Å². The third-order valence-corrected chi connectivity index (χ3v) is 3.79. The molecule has 1 N–H and O–H groups in total. The quantitative estimate of drug-likeness (QED) is 0.777. The second kappa shape index (κ2) is 3.69. The highest BCUT2D eigenvalue weighted by Crippen LogP contribution is 2.46. The van der Waals surface area contributed by atoms with Crippen molar-refractivity contribution in [3.8, 4) is 5.75 Å². The molecular formula is C14H19NO. The van der Waals surface area contributed by atoms with Crippen molar-refractivity contribution in [1.29, 1.82) is 0 Å². The van der Waals surface area contributed by atoms with Crippen LogP contribution in [0, 0.1) is 0 Å². The van der Waals surface area contributed by atoms with Crippen molar-refractivity contribution in [2.24, 2.45) is 0 Å². The van der Waals surface area contributed by atoms with Gasteiger partial charge in [0.2, 0.25) is 0 Å². The molecule has 0 radical (unpaired) electrons. The van der Waals surface area contributed by atoms with Crippen molar-refractivity contribution in [2.75, 3.05) is 18.5 Å². The number of rotatable bonds is 1. The van der Waals surface area contributed by atoms with Crippen LogP contribution in [0.4, 0.5) is 5.69 Å². The third-order valence-electron chi connectivity index (χ3n) is 3.79. The van der Waals surface area contributed by atoms with Crippen LogP contribution in [0.1, 0.15) is 49.7 Å². The number of anilines is 1. The summed E-state index contributed by atoms with van der Waals surface area (Å²) in [7, 11) is 0. The van der Waals surface area contributed by atoms with E-state index < -0.39 is 0 Å². The molecule has 0 spiro atoms. The normalized spacial score (nSPS) is 22.3. The molecule has 0 aliphatic carbocycles. The van der Waals surface area contributed by atoms with Crippen LogP contribution >= 0.6 is 0 Å². The van der Waals surface area contributed by atoms with E-state index >= 15 is 0 Å². The highest BCUT2D eigenvalue weighted by molar-refractivity contribution is 5.67. The minimum atomic E-state index is 0.577. The molecule has 16 heavy (non-hydrogen) atoms. The van der Waals surface area contributed by atoms with E-state index in [-0.39, 0.29) is 0 Å². The van der Waals surface area contributed by atoms with Gasteiger partial charge in [0.1, 0.15) is 5.75 Å². The molecule has 3 rings (SSSR count). The maximum absolute atomic E-state index is 5.76. The van der Waals surface area contributed by atoms with Crippen molar-refractivity contribution in [3.05, 3.63) is 23.3 Å². The zero-order valence-corrected chi connectivity index (χ0v) is 10.0. The fourth-order valence-electron chi connectivity index (χ4n) is 2.94. The lowest BCUT2D eigenvalue weighted by atomic mass is 9.83. The average molecular weight is 217 g/mol. The molecule has 2 aliphatic heterocycles. The Kier molecular flexibility index (Phi) is 2.31. The van der Waals surface area contributed by atoms with Gasteiger partial charge >= 0.3 is 0 Å². The van der Waals surface area contributed by atoms with E-state index in [2.05, 4.69) is 31.3 Å². The lowest BCUT2D eigenvalue weighted by Gasteiger charge is -2.34. The maximum atomic E-state index is 5.76. The van der Waals surface area contributed by atoms with Crippen molar-refractivity contribution in [1.82, 2.24) is 0 Å². The zero-order chi connectivity index (χ0) is 11.1. The summed E-state index contributed by atoms with van der Waals surface area (Å²) in [5.74, 6) is 2.41. The molecule has 1 aromatic carbocycles. The standard InChI is InChI=1S/C14H19NO/c1-9(2)11-3-4-12-13-10(6-8-16-12)5-7-15-14(11)13/h3-4,9-10,15H,5-8H2,1-2H3. The summed E-state index contributed by atoms with van der Waals surface area (Å²) in [6, 6.07) is 4.38. The molecule has 86 valence electrons. The number of hydrogen-bond acceptors (Lipinski definition) is 2. The van der Waals surface area contributed by atoms with E-state index in [4.69, 9.17) is 4.74 Å². The minimum Gasteiger partial charge on any atom is -0.493 e. The topological polar surface area (TPSA) is 21.3 Å². The second-order valence-electron chi connectivity index (χ2n) is 5.15. The van der Waals surface area contributed by atoms with Crippen LogP contribution in [0.3, 0.4) is 0 Å². The molecule has 0 fully saturated rings. The van der Waals surface area contributed by atoms with Crippen LogP contribution in [0.2, 0.25) is 0 Å². The van der Waals surface area contributed by atoms with Crippen LogP contribution in [-0.4, -0.2) is 13.2 Å². The Morgan fingerprint density at radius 3 is 3.00 bits per heavy atom. The van der Waals surface area contributed by atoms with Crippen LogP contribution in [0.25, 0.3) is 0 Å². The molecule has 2 aliphatic rings. The molecule has 0 amide bonds. The van der Waals surface area contributed by atoms with E-state index in [1.165, 1.54) is 29.7 Å². The van der Waals surface area contributed by atoms with Gasteiger partial charge in [0.15, 0.2) is 0 Å². The Morgan fingerprint density at radius 1 is 1.31 bits per heavy atom. The van der Waals surface area contributed by atoms with E-state index in [1.54, 1.807) is 0 Å². The molecule has 1 aromatic rings. The number of nitrogens with one attached hydrogen (secondary N) is 1. The summed E-state index contributed by atoms with van der Waals surface area (Å²) < 4.78 is 5.76. The number of ether oxygens (including phenoxy) is 1. The largest absolute Gasteiger partial charge is 0.493 e.